The molecule has 23 heavy (non-hydrogen) atoms. The zero-order valence-electron chi connectivity index (χ0n) is 12.0. The summed E-state index contributed by atoms with van der Waals surface area (Å²) >= 11 is 0. The normalized spacial score (nSPS) is 51.4. The predicted octanol–water partition coefficient (Wildman–Crippen LogP) is -4.28. The van der Waals surface area contributed by atoms with Gasteiger partial charge in [0.1, 0.15) is 36.6 Å². The maximum atomic E-state index is 11.0. The molecule has 0 aliphatic carbocycles. The summed E-state index contributed by atoms with van der Waals surface area (Å²) in [5.74, 6) is -1.58. The molecule has 2 rings (SSSR count). The Bertz CT molecular complexity index is 431. The van der Waals surface area contributed by atoms with Crippen LogP contribution in [0.1, 0.15) is 6.92 Å². The molecule has 11 heteroatoms. The molecule has 0 aromatic heterocycles. The van der Waals surface area contributed by atoms with Gasteiger partial charge in [-0.3, -0.25) is 0 Å². The van der Waals surface area contributed by atoms with Crippen LogP contribution >= 0.6 is 0 Å². The first-order chi connectivity index (χ1) is 10.6. The minimum absolute atomic E-state index is 0.938. The van der Waals surface area contributed by atoms with Crippen LogP contribution in [0.15, 0.2) is 0 Å². The standard InChI is InChI=1S/C12H20O11/c1-2-8(5(15)6(16)11(20)21-2)22-12-7(17)3(13)4(14)9(23-12)10(18)19/h2-9,11-17,20H,1H3,(H,18,19)/t2-,3+,4+,5+,6-,7-,8+,9+,11-,12-/m1/s1. The monoisotopic (exact) mass is 340 g/mol. The molecule has 0 spiro atoms. The van der Waals surface area contributed by atoms with Crippen LogP contribution < -0.4 is 0 Å². The maximum absolute atomic E-state index is 11.0. The van der Waals surface area contributed by atoms with E-state index in [2.05, 4.69) is 0 Å². The lowest BCUT2D eigenvalue weighted by Crippen LogP contribution is -2.64. The van der Waals surface area contributed by atoms with Crippen LogP contribution in [0.5, 0.6) is 0 Å². The Balaban J connectivity index is 2.12. The van der Waals surface area contributed by atoms with Gasteiger partial charge >= 0.3 is 5.97 Å². The molecule has 0 aromatic carbocycles. The van der Waals surface area contributed by atoms with Crippen LogP contribution in [0.2, 0.25) is 0 Å². The smallest absolute Gasteiger partial charge is 0.335 e. The lowest BCUT2D eigenvalue weighted by molar-refractivity contribution is -0.347. The van der Waals surface area contributed by atoms with Crippen molar-refractivity contribution in [1.29, 1.82) is 0 Å². The Kier molecular flexibility index (Phi) is 5.56. The fourth-order valence-corrected chi connectivity index (χ4v) is 2.53. The molecular weight excluding hydrogens is 320 g/mol. The summed E-state index contributed by atoms with van der Waals surface area (Å²) in [5, 5.41) is 66.9. The van der Waals surface area contributed by atoms with E-state index in [1.54, 1.807) is 0 Å². The average Bonchev–Trinajstić information content (AvgIpc) is 2.48. The lowest BCUT2D eigenvalue weighted by atomic mass is 9.97. The Morgan fingerprint density at radius 1 is 0.870 bits per heavy atom. The van der Waals surface area contributed by atoms with Crippen molar-refractivity contribution >= 4 is 5.97 Å². The number of aliphatic carboxylic acids is 1. The summed E-state index contributed by atoms with van der Waals surface area (Å²) in [4.78, 5) is 11.0. The van der Waals surface area contributed by atoms with E-state index in [1.807, 2.05) is 0 Å². The van der Waals surface area contributed by atoms with Crippen molar-refractivity contribution in [2.45, 2.75) is 68.3 Å². The number of carboxylic acids is 1. The molecule has 2 heterocycles. The van der Waals surface area contributed by atoms with Crippen molar-refractivity contribution in [3.8, 4) is 0 Å². The van der Waals surface area contributed by atoms with Crippen LogP contribution in [-0.2, 0) is 19.0 Å². The molecule has 2 aliphatic heterocycles. The Hall–Kier alpha value is -0.890. The fourth-order valence-electron chi connectivity index (χ4n) is 2.53. The zero-order valence-corrected chi connectivity index (χ0v) is 12.0. The van der Waals surface area contributed by atoms with Crippen molar-refractivity contribution in [2.24, 2.45) is 0 Å². The molecule has 2 saturated heterocycles. The SMILES string of the molecule is C[C@H]1O[C@@H](O)[C@H](O)[C@H](O)[C@H]1O[C@@H]1O[C@H](C(=O)O)[C@@H](O)[C@H](O)[C@H]1O. The summed E-state index contributed by atoms with van der Waals surface area (Å²) in [6.45, 7) is 1.40. The molecule has 0 bridgehead atoms. The van der Waals surface area contributed by atoms with Crippen molar-refractivity contribution in [2.75, 3.05) is 0 Å². The van der Waals surface area contributed by atoms with Crippen LogP contribution in [0.25, 0.3) is 0 Å². The van der Waals surface area contributed by atoms with Gasteiger partial charge in [0, 0.05) is 0 Å². The van der Waals surface area contributed by atoms with E-state index in [0.717, 1.165) is 0 Å². The highest BCUT2D eigenvalue weighted by Gasteiger charge is 2.51. The summed E-state index contributed by atoms with van der Waals surface area (Å²) in [7, 11) is 0. The maximum Gasteiger partial charge on any atom is 0.335 e. The summed E-state index contributed by atoms with van der Waals surface area (Å²) in [6.07, 6.45) is -16.3. The number of ether oxygens (including phenoxy) is 3. The van der Waals surface area contributed by atoms with E-state index in [4.69, 9.17) is 19.3 Å². The molecular formula is C12H20O11. The highest BCUT2D eigenvalue weighted by molar-refractivity contribution is 5.73. The third-order valence-electron chi connectivity index (χ3n) is 3.90. The minimum atomic E-state index is -1.88. The van der Waals surface area contributed by atoms with Gasteiger partial charge in [-0.05, 0) is 6.92 Å². The molecule has 134 valence electrons. The molecule has 0 amide bonds. The number of hydrogen-bond donors (Lipinski definition) is 7. The van der Waals surface area contributed by atoms with Crippen molar-refractivity contribution in [3.05, 3.63) is 0 Å². The first-order valence-electron chi connectivity index (χ1n) is 6.92. The summed E-state index contributed by atoms with van der Waals surface area (Å²) < 4.78 is 15.1. The van der Waals surface area contributed by atoms with Crippen LogP contribution in [0, 0.1) is 0 Å². The second kappa shape index (κ2) is 6.93. The van der Waals surface area contributed by atoms with Gasteiger partial charge in [-0.2, -0.15) is 0 Å². The first kappa shape index (κ1) is 18.4. The summed E-state index contributed by atoms with van der Waals surface area (Å²) in [5.41, 5.74) is 0. The molecule has 0 unspecified atom stereocenters. The van der Waals surface area contributed by atoms with Gasteiger partial charge in [0.2, 0.25) is 0 Å². The molecule has 2 aliphatic rings. The average molecular weight is 340 g/mol. The third kappa shape index (κ3) is 3.47. The van der Waals surface area contributed by atoms with Crippen molar-refractivity contribution < 1.29 is 54.8 Å². The number of hydrogen-bond acceptors (Lipinski definition) is 10. The van der Waals surface area contributed by atoms with E-state index < -0.39 is 67.4 Å². The zero-order chi connectivity index (χ0) is 17.5. The quantitative estimate of drug-likeness (QED) is 0.263. The molecule has 0 radical (unpaired) electrons. The van der Waals surface area contributed by atoms with Crippen molar-refractivity contribution in [3.63, 3.8) is 0 Å². The van der Waals surface area contributed by atoms with Crippen LogP contribution in [0.4, 0.5) is 0 Å². The van der Waals surface area contributed by atoms with Crippen LogP contribution in [-0.4, -0.2) is 103 Å². The van der Waals surface area contributed by atoms with Gasteiger partial charge in [-0.25, -0.2) is 4.79 Å². The highest BCUT2D eigenvalue weighted by Crippen LogP contribution is 2.28. The Morgan fingerprint density at radius 3 is 2.04 bits per heavy atom. The van der Waals surface area contributed by atoms with Crippen molar-refractivity contribution in [1.82, 2.24) is 0 Å². The van der Waals surface area contributed by atoms with E-state index >= 15 is 0 Å². The van der Waals surface area contributed by atoms with Gasteiger partial charge < -0.3 is 50.0 Å². The molecule has 0 saturated carbocycles. The van der Waals surface area contributed by atoms with Crippen LogP contribution in [0.3, 0.4) is 0 Å². The molecule has 10 atom stereocenters. The highest BCUT2D eigenvalue weighted by atomic mass is 16.7. The van der Waals surface area contributed by atoms with Gasteiger partial charge in [0.05, 0.1) is 6.10 Å². The molecule has 11 nitrogen and oxygen atoms in total. The Labute approximate surface area is 130 Å². The molecule has 7 N–H and O–H groups in total. The summed E-state index contributed by atoms with van der Waals surface area (Å²) in [6, 6.07) is 0. The second-order valence-electron chi connectivity index (χ2n) is 5.55. The van der Waals surface area contributed by atoms with E-state index in [0.29, 0.717) is 0 Å². The van der Waals surface area contributed by atoms with Gasteiger partial charge in [0.15, 0.2) is 18.7 Å². The first-order valence-corrected chi connectivity index (χ1v) is 6.92. The third-order valence-corrected chi connectivity index (χ3v) is 3.90. The topological polar surface area (TPSA) is 186 Å². The largest absolute Gasteiger partial charge is 0.479 e. The van der Waals surface area contributed by atoms with Gasteiger partial charge in [-0.15, -0.1) is 0 Å². The lowest BCUT2D eigenvalue weighted by Gasteiger charge is -2.44. The number of aliphatic hydroxyl groups excluding tert-OH is 6. The number of aliphatic hydroxyl groups is 6. The number of carboxylic acid groups (broad SMARTS) is 1. The van der Waals surface area contributed by atoms with E-state index in [9.17, 15) is 35.4 Å². The van der Waals surface area contributed by atoms with Gasteiger partial charge in [-0.1, -0.05) is 0 Å². The minimum Gasteiger partial charge on any atom is -0.479 e. The van der Waals surface area contributed by atoms with E-state index in [1.165, 1.54) is 6.92 Å². The number of carbonyl (C=O) groups is 1. The molecule has 0 aromatic rings. The Morgan fingerprint density at radius 2 is 1.48 bits per heavy atom. The van der Waals surface area contributed by atoms with E-state index in [-0.39, 0.29) is 0 Å². The molecule has 2 fully saturated rings. The second-order valence-corrected chi connectivity index (χ2v) is 5.55. The predicted molar refractivity (Wildman–Crippen MR) is 67.8 cm³/mol. The fraction of sp³-hybridized carbons (Fsp3) is 0.917. The van der Waals surface area contributed by atoms with Gasteiger partial charge in [0.25, 0.3) is 0 Å². The number of rotatable bonds is 3.